The Morgan fingerprint density at radius 1 is 1.17 bits per heavy atom. The van der Waals surface area contributed by atoms with Gasteiger partial charge >= 0.3 is 27.3 Å². The van der Waals surface area contributed by atoms with Crippen LogP contribution in [0.15, 0.2) is 0 Å². The van der Waals surface area contributed by atoms with Crippen LogP contribution < -0.4 is 59.1 Å². The third kappa shape index (κ3) is 32.6. The molecule has 0 rings (SSSR count). The molecule has 0 aliphatic heterocycles. The topological polar surface area (TPSA) is 27.6 Å². The van der Waals surface area contributed by atoms with E-state index < -0.39 is 0 Å². The second kappa shape index (κ2) is 53.0. The van der Waals surface area contributed by atoms with Gasteiger partial charge in [0, 0.05) is 0 Å². The standard InChI is InChI=1S/CH5N.BrH.ClH.HI.Pb/c1-2;;;;/h2H2,1H3;3*1H;/q;;;;+2/p-2. The summed E-state index contributed by atoms with van der Waals surface area (Å²) in [5.74, 6) is 0. The molecule has 0 aliphatic rings. The smallest absolute Gasteiger partial charge is 1.00 e. The average molecular weight is 482 g/mol. The molecular formula is CH6BrClINPb. The van der Waals surface area contributed by atoms with Crippen molar-refractivity contribution in [2.24, 2.45) is 0 Å². The molecule has 1 nitrogen and oxygen atoms in total. The second-order valence-corrected chi connectivity index (χ2v) is 0. The third-order valence-electron chi connectivity index (χ3n) is 0. The molecule has 0 bridgehead atoms. The van der Waals surface area contributed by atoms with Crippen LogP contribution in [0, 0.1) is 0 Å². The SMILES string of the molecule is C[NH3+].[Br-].[Cl-].[I-].[Pb+2]. The Labute approximate surface area is 92.2 Å². The maximum Gasteiger partial charge on any atom is 2.00 e. The fourth-order valence-electron chi connectivity index (χ4n) is 0. The van der Waals surface area contributed by atoms with Crippen LogP contribution in [0.4, 0.5) is 0 Å². The Kier molecular flexibility index (Phi) is 353. The van der Waals surface area contributed by atoms with E-state index in [4.69, 9.17) is 0 Å². The summed E-state index contributed by atoms with van der Waals surface area (Å²) in [5, 5.41) is 0. The molecule has 3 N–H and O–H groups in total. The van der Waals surface area contributed by atoms with E-state index in [1.165, 1.54) is 0 Å². The zero-order chi connectivity index (χ0) is 2.00. The van der Waals surface area contributed by atoms with Crippen LogP contribution in [0.2, 0.25) is 0 Å². The van der Waals surface area contributed by atoms with Crippen LogP contribution in [-0.4, -0.2) is 34.3 Å². The molecule has 0 heterocycles. The maximum absolute atomic E-state index is 3.25. The van der Waals surface area contributed by atoms with Gasteiger partial charge in [-0.25, -0.2) is 0 Å². The van der Waals surface area contributed by atoms with E-state index in [1.807, 2.05) is 0 Å². The molecule has 0 fully saturated rings. The van der Waals surface area contributed by atoms with E-state index in [1.54, 1.807) is 7.05 Å². The number of rotatable bonds is 0. The van der Waals surface area contributed by atoms with Crippen LogP contribution in [0.25, 0.3) is 0 Å². The van der Waals surface area contributed by atoms with Crippen LogP contribution in [0.3, 0.4) is 0 Å². The Balaban J connectivity index is -0.000000000833. The van der Waals surface area contributed by atoms with Crippen molar-refractivity contribution in [3.05, 3.63) is 0 Å². The molecule has 0 saturated heterocycles. The molecule has 0 unspecified atom stereocenters. The summed E-state index contributed by atoms with van der Waals surface area (Å²) in [6.07, 6.45) is 0. The van der Waals surface area contributed by atoms with Gasteiger partial charge in [0.15, 0.2) is 0 Å². The molecule has 0 saturated carbocycles. The van der Waals surface area contributed by atoms with Gasteiger partial charge in [-0.15, -0.1) is 0 Å². The van der Waals surface area contributed by atoms with Gasteiger partial charge in [-0.05, 0) is 0 Å². The summed E-state index contributed by atoms with van der Waals surface area (Å²) < 4.78 is 0. The normalized spacial score (nSPS) is 1.00. The Bertz CT molecular complexity index is 15.5. The molecule has 0 amide bonds. The minimum atomic E-state index is 0. The van der Waals surface area contributed by atoms with Crippen molar-refractivity contribution in [2.45, 2.75) is 0 Å². The molecule has 0 atom stereocenters. The number of hydrogen-bond acceptors (Lipinski definition) is 0. The van der Waals surface area contributed by atoms with Crippen molar-refractivity contribution >= 4 is 27.3 Å². The van der Waals surface area contributed by atoms with Crippen LogP contribution in [0.5, 0.6) is 0 Å². The molecule has 0 aromatic rings. The first-order chi connectivity index (χ1) is 1.00. The van der Waals surface area contributed by atoms with E-state index in [-0.39, 0.29) is 80.7 Å². The molecule has 0 spiro atoms. The van der Waals surface area contributed by atoms with Gasteiger partial charge in [-0.2, -0.15) is 0 Å². The molecule has 40 valence electrons. The Hall–Kier alpha value is 2.38. The van der Waals surface area contributed by atoms with Gasteiger partial charge in [-0.1, -0.05) is 0 Å². The average Bonchev–Trinajstić information content (AvgIpc) is 1.00. The summed E-state index contributed by atoms with van der Waals surface area (Å²) in [6, 6.07) is 0. The molecular weight excluding hydrogens is 475 g/mol. The Morgan fingerprint density at radius 3 is 1.17 bits per heavy atom. The zero-order valence-electron chi connectivity index (χ0n) is 3.34. The van der Waals surface area contributed by atoms with Gasteiger partial charge in [-0.3, -0.25) is 0 Å². The molecule has 0 aromatic carbocycles. The van der Waals surface area contributed by atoms with Crippen LogP contribution in [0.1, 0.15) is 0 Å². The van der Waals surface area contributed by atoms with E-state index in [9.17, 15) is 0 Å². The molecule has 0 aliphatic carbocycles. The van der Waals surface area contributed by atoms with E-state index >= 15 is 0 Å². The van der Waals surface area contributed by atoms with E-state index in [0.717, 1.165) is 0 Å². The third-order valence-corrected chi connectivity index (χ3v) is 0. The summed E-state index contributed by atoms with van der Waals surface area (Å²) in [7, 11) is 1.75. The molecule has 5 heteroatoms. The first kappa shape index (κ1) is 39.9. The quantitative estimate of drug-likeness (QED) is 0.263. The van der Waals surface area contributed by atoms with Crippen LogP contribution in [-0.2, 0) is 0 Å². The van der Waals surface area contributed by atoms with Gasteiger partial charge in [0.05, 0.1) is 7.05 Å². The van der Waals surface area contributed by atoms with Crippen molar-refractivity contribution < 1.29 is 59.1 Å². The van der Waals surface area contributed by atoms with Crippen molar-refractivity contribution in [1.82, 2.24) is 0 Å². The predicted molar refractivity (Wildman–Crippen MR) is 14.6 cm³/mol. The van der Waals surface area contributed by atoms with Gasteiger partial charge in [0.1, 0.15) is 0 Å². The van der Waals surface area contributed by atoms with Crippen molar-refractivity contribution in [3.63, 3.8) is 0 Å². The second-order valence-electron chi connectivity index (χ2n) is 0. The fraction of sp³-hybridized carbons (Fsp3) is 1.00. The fourth-order valence-corrected chi connectivity index (χ4v) is 0. The van der Waals surface area contributed by atoms with Crippen LogP contribution >= 0.6 is 0 Å². The molecule has 2 radical (unpaired) electrons. The van der Waals surface area contributed by atoms with E-state index in [0.29, 0.717) is 0 Å². The summed E-state index contributed by atoms with van der Waals surface area (Å²) >= 11 is 0. The number of quaternary nitrogens is 1. The largest absolute Gasteiger partial charge is 2.00 e. The van der Waals surface area contributed by atoms with Crippen molar-refractivity contribution in [1.29, 1.82) is 0 Å². The Morgan fingerprint density at radius 2 is 1.17 bits per heavy atom. The summed E-state index contributed by atoms with van der Waals surface area (Å²) in [5.41, 5.74) is 3.25. The number of halogens is 3. The maximum atomic E-state index is 3.25. The van der Waals surface area contributed by atoms with E-state index in [2.05, 4.69) is 5.73 Å². The van der Waals surface area contributed by atoms with Crippen molar-refractivity contribution in [3.8, 4) is 0 Å². The predicted octanol–water partition coefficient (Wildman–Crippen LogP) is -10.5. The number of hydrogen-bond donors (Lipinski definition) is 1. The summed E-state index contributed by atoms with van der Waals surface area (Å²) in [4.78, 5) is 0. The monoisotopic (exact) mass is 481 g/mol. The first-order valence-corrected chi connectivity index (χ1v) is 0.707. The molecule has 6 heavy (non-hydrogen) atoms. The summed E-state index contributed by atoms with van der Waals surface area (Å²) in [6.45, 7) is 0. The van der Waals surface area contributed by atoms with Crippen molar-refractivity contribution in [2.75, 3.05) is 7.05 Å². The van der Waals surface area contributed by atoms with Gasteiger partial charge in [0.25, 0.3) is 0 Å². The minimum absolute atomic E-state index is 0. The zero-order valence-corrected chi connectivity index (χ0v) is 11.7. The van der Waals surface area contributed by atoms with Gasteiger partial charge in [0.2, 0.25) is 0 Å². The first-order valence-electron chi connectivity index (χ1n) is 0.707. The minimum Gasteiger partial charge on any atom is -1.00 e. The molecule has 0 aromatic heterocycles. The van der Waals surface area contributed by atoms with Gasteiger partial charge < -0.3 is 59.1 Å².